The summed E-state index contributed by atoms with van der Waals surface area (Å²) in [6.45, 7) is 3.33. The molecule has 0 saturated carbocycles. The highest BCUT2D eigenvalue weighted by Crippen LogP contribution is 2.34. The van der Waals surface area contributed by atoms with Gasteiger partial charge in [0.2, 0.25) is 0 Å². The van der Waals surface area contributed by atoms with Gasteiger partial charge in [-0.1, -0.05) is 12.1 Å². The van der Waals surface area contributed by atoms with Gasteiger partial charge in [-0.25, -0.2) is 0 Å². The van der Waals surface area contributed by atoms with Crippen molar-refractivity contribution in [1.29, 1.82) is 0 Å². The normalized spacial score (nSPS) is 19.3. The third-order valence-electron chi connectivity index (χ3n) is 3.05. The molecule has 94 valence electrons. The molecule has 1 aliphatic rings. The van der Waals surface area contributed by atoms with Crippen molar-refractivity contribution in [1.82, 2.24) is 4.90 Å². The minimum Gasteiger partial charge on any atom is -0.357 e. The molecule has 0 aliphatic carbocycles. The molecule has 0 aromatic carbocycles. The smallest absolute Gasteiger partial charge is 0.0764 e. The molecule has 0 radical (unpaired) electrons. The van der Waals surface area contributed by atoms with E-state index in [4.69, 9.17) is 0 Å². The minimum atomic E-state index is 0.557. The van der Waals surface area contributed by atoms with E-state index in [2.05, 4.69) is 52.3 Å². The Morgan fingerprint density at radius 1 is 1.11 bits per heavy atom. The highest BCUT2D eigenvalue weighted by molar-refractivity contribution is 8.02. The van der Waals surface area contributed by atoms with Crippen LogP contribution in [0.5, 0.6) is 0 Å². The number of hydrogen-bond donors (Lipinski definition) is 0. The predicted octanol–water partition coefficient (Wildman–Crippen LogP) is 4.79. The van der Waals surface area contributed by atoms with Crippen LogP contribution in [-0.2, 0) is 13.0 Å². The monoisotopic (exact) mass is 293 g/mol. The summed E-state index contributed by atoms with van der Waals surface area (Å²) in [5.41, 5.74) is 1.46. The van der Waals surface area contributed by atoms with E-state index in [1.807, 2.05) is 34.4 Å². The molecule has 3 rings (SSSR count). The van der Waals surface area contributed by atoms with Crippen LogP contribution in [0.15, 0.2) is 46.1 Å². The first-order chi connectivity index (χ1) is 8.83. The van der Waals surface area contributed by atoms with E-state index < -0.39 is 0 Å². The molecular weight excluding hydrogens is 278 g/mol. The van der Waals surface area contributed by atoms with Crippen molar-refractivity contribution in [2.45, 2.75) is 25.3 Å². The first-order valence-electron chi connectivity index (χ1n) is 5.99. The van der Waals surface area contributed by atoms with Crippen LogP contribution in [-0.4, -0.2) is 10.3 Å². The summed E-state index contributed by atoms with van der Waals surface area (Å²) >= 11 is 5.62. The zero-order chi connectivity index (χ0) is 12.4. The Kier molecular flexibility index (Phi) is 3.77. The summed E-state index contributed by atoms with van der Waals surface area (Å²) in [5, 5.41) is 7.21. The first-order valence-corrected chi connectivity index (χ1v) is 8.69. The average molecular weight is 293 g/mol. The van der Waals surface area contributed by atoms with E-state index >= 15 is 0 Å². The lowest BCUT2D eigenvalue weighted by molar-refractivity contribution is 0.335. The minimum absolute atomic E-state index is 0.557. The molecule has 18 heavy (non-hydrogen) atoms. The van der Waals surface area contributed by atoms with Gasteiger partial charge in [0.25, 0.3) is 0 Å². The van der Waals surface area contributed by atoms with Crippen molar-refractivity contribution in [2.24, 2.45) is 0 Å². The largest absolute Gasteiger partial charge is 0.357 e. The van der Waals surface area contributed by atoms with Gasteiger partial charge in [-0.05, 0) is 35.2 Å². The fourth-order valence-corrected chi connectivity index (χ4v) is 4.44. The molecule has 3 heterocycles. The molecule has 1 nitrogen and oxygen atoms in total. The van der Waals surface area contributed by atoms with E-state index in [0.717, 1.165) is 13.0 Å². The molecule has 4 heteroatoms. The molecule has 0 saturated heterocycles. The fourth-order valence-electron chi connectivity index (χ4n) is 2.09. The van der Waals surface area contributed by atoms with Gasteiger partial charge in [0.15, 0.2) is 0 Å². The van der Waals surface area contributed by atoms with E-state index in [9.17, 15) is 0 Å². The standard InChI is InChI=1S/C14H15NS3/c1-11-15(9-14-5-3-7-17-14)12(10-18-11)8-13-4-2-6-16-13/h2-7,10-11H,8-9H2,1H3. The number of hydrogen-bond acceptors (Lipinski definition) is 4. The summed E-state index contributed by atoms with van der Waals surface area (Å²) in [7, 11) is 0. The molecule has 1 aliphatic heterocycles. The summed E-state index contributed by atoms with van der Waals surface area (Å²) in [6.07, 6.45) is 1.07. The van der Waals surface area contributed by atoms with Gasteiger partial charge in [-0.15, -0.1) is 34.4 Å². The number of thiophene rings is 2. The Bertz CT molecular complexity index is 513. The number of allylic oxidation sites excluding steroid dienone is 1. The summed E-state index contributed by atoms with van der Waals surface area (Å²) < 4.78 is 0. The van der Waals surface area contributed by atoms with E-state index in [0.29, 0.717) is 5.37 Å². The van der Waals surface area contributed by atoms with Crippen molar-refractivity contribution in [3.05, 3.63) is 55.9 Å². The summed E-state index contributed by atoms with van der Waals surface area (Å²) in [5.74, 6) is 0. The van der Waals surface area contributed by atoms with Gasteiger partial charge in [-0.3, -0.25) is 0 Å². The first kappa shape index (κ1) is 12.3. The molecule has 0 bridgehead atoms. The molecule has 0 spiro atoms. The molecule has 1 unspecified atom stereocenters. The van der Waals surface area contributed by atoms with Gasteiger partial charge in [0.05, 0.1) is 11.9 Å². The predicted molar refractivity (Wildman–Crippen MR) is 83.0 cm³/mol. The van der Waals surface area contributed by atoms with E-state index in [1.54, 1.807) is 0 Å². The van der Waals surface area contributed by atoms with Gasteiger partial charge < -0.3 is 4.90 Å². The quantitative estimate of drug-likeness (QED) is 0.797. The Morgan fingerprint density at radius 2 is 1.83 bits per heavy atom. The topological polar surface area (TPSA) is 3.24 Å². The lowest BCUT2D eigenvalue weighted by Crippen LogP contribution is -2.26. The second kappa shape index (κ2) is 5.51. The van der Waals surface area contributed by atoms with Crippen LogP contribution in [0.2, 0.25) is 0 Å². The van der Waals surface area contributed by atoms with Crippen molar-refractivity contribution >= 4 is 34.4 Å². The third-order valence-corrected chi connectivity index (χ3v) is 5.84. The van der Waals surface area contributed by atoms with E-state index in [1.165, 1.54) is 15.5 Å². The number of nitrogens with zero attached hydrogens (tertiary/aromatic N) is 1. The van der Waals surface area contributed by atoms with Gasteiger partial charge in [-0.2, -0.15) is 0 Å². The second-order valence-corrected chi connectivity index (χ2v) is 7.56. The SMILES string of the molecule is CC1SC=C(Cc2cccs2)N1Cc1cccs1. The fraction of sp³-hybridized carbons (Fsp3) is 0.286. The molecular formula is C14H15NS3. The summed E-state index contributed by atoms with van der Waals surface area (Å²) in [4.78, 5) is 5.42. The molecule has 1 atom stereocenters. The zero-order valence-electron chi connectivity index (χ0n) is 10.2. The summed E-state index contributed by atoms with van der Waals surface area (Å²) in [6, 6.07) is 8.72. The second-order valence-electron chi connectivity index (χ2n) is 4.31. The Hall–Kier alpha value is -0.710. The maximum atomic E-state index is 2.52. The van der Waals surface area contributed by atoms with Gasteiger partial charge in [0.1, 0.15) is 0 Å². The molecule has 0 amide bonds. The van der Waals surface area contributed by atoms with Crippen LogP contribution >= 0.6 is 34.4 Å². The van der Waals surface area contributed by atoms with Crippen LogP contribution < -0.4 is 0 Å². The van der Waals surface area contributed by atoms with Crippen LogP contribution in [0, 0.1) is 0 Å². The number of thioether (sulfide) groups is 1. The maximum absolute atomic E-state index is 2.52. The number of rotatable bonds is 4. The van der Waals surface area contributed by atoms with Crippen molar-refractivity contribution in [3.8, 4) is 0 Å². The third kappa shape index (κ3) is 2.66. The van der Waals surface area contributed by atoms with Crippen LogP contribution in [0.1, 0.15) is 16.7 Å². The lowest BCUT2D eigenvalue weighted by atomic mass is 10.2. The van der Waals surface area contributed by atoms with Crippen molar-refractivity contribution < 1.29 is 0 Å². The van der Waals surface area contributed by atoms with Crippen molar-refractivity contribution in [3.63, 3.8) is 0 Å². The highest BCUT2D eigenvalue weighted by Gasteiger charge is 2.23. The van der Waals surface area contributed by atoms with Crippen LogP contribution in [0.3, 0.4) is 0 Å². The Balaban J connectivity index is 1.72. The molecule has 2 aromatic heterocycles. The average Bonchev–Trinajstić information content (AvgIpc) is 3.08. The zero-order valence-corrected chi connectivity index (χ0v) is 12.7. The molecule has 0 N–H and O–H groups in total. The van der Waals surface area contributed by atoms with Gasteiger partial charge in [0, 0.05) is 21.9 Å². The van der Waals surface area contributed by atoms with Gasteiger partial charge >= 0.3 is 0 Å². The van der Waals surface area contributed by atoms with Crippen LogP contribution in [0.4, 0.5) is 0 Å². The Morgan fingerprint density at radius 3 is 2.50 bits per heavy atom. The van der Waals surface area contributed by atoms with Crippen LogP contribution in [0.25, 0.3) is 0 Å². The Labute approximate surface area is 120 Å². The highest BCUT2D eigenvalue weighted by atomic mass is 32.2. The van der Waals surface area contributed by atoms with Crippen molar-refractivity contribution in [2.75, 3.05) is 0 Å². The maximum Gasteiger partial charge on any atom is 0.0764 e. The van der Waals surface area contributed by atoms with E-state index in [-0.39, 0.29) is 0 Å². The molecule has 2 aromatic rings. The lowest BCUT2D eigenvalue weighted by Gasteiger charge is -2.26. The molecule has 0 fully saturated rings.